The zero-order chi connectivity index (χ0) is 14.6. The van der Waals surface area contributed by atoms with Gasteiger partial charge in [0.15, 0.2) is 0 Å². The van der Waals surface area contributed by atoms with E-state index < -0.39 is 0 Å². The van der Waals surface area contributed by atoms with Crippen molar-refractivity contribution in [3.05, 3.63) is 41.5 Å². The van der Waals surface area contributed by atoms with Crippen molar-refractivity contribution in [2.45, 2.75) is 72.1 Å². The largest absolute Gasteiger partial charge is 0.0668 e. The highest BCUT2D eigenvalue weighted by molar-refractivity contribution is 5.53. The van der Waals surface area contributed by atoms with Crippen LogP contribution in [0.4, 0.5) is 0 Å². The summed E-state index contributed by atoms with van der Waals surface area (Å²) < 4.78 is 0. The molecular weight excluding hydrogens is 240 g/mol. The molecule has 0 radical (unpaired) electrons. The van der Waals surface area contributed by atoms with Crippen LogP contribution in [0.15, 0.2) is 35.9 Å². The lowest BCUT2D eigenvalue weighted by Gasteiger charge is -2.16. The van der Waals surface area contributed by atoms with E-state index in [0.717, 1.165) is 5.92 Å². The van der Waals surface area contributed by atoms with E-state index in [2.05, 4.69) is 57.2 Å². The fraction of sp³-hybridized carbons (Fsp3) is 0.600. The molecule has 0 fully saturated rings. The van der Waals surface area contributed by atoms with E-state index in [1.165, 1.54) is 56.9 Å². The number of hydrogen-bond acceptors (Lipinski definition) is 0. The number of hydrogen-bond donors (Lipinski definition) is 0. The molecule has 20 heavy (non-hydrogen) atoms. The van der Waals surface area contributed by atoms with Crippen LogP contribution in [0.2, 0.25) is 0 Å². The van der Waals surface area contributed by atoms with Crippen molar-refractivity contribution in [2.75, 3.05) is 0 Å². The molecule has 0 spiro atoms. The molecule has 1 atom stereocenters. The summed E-state index contributed by atoms with van der Waals surface area (Å²) in [5, 5.41) is 0. The van der Waals surface area contributed by atoms with Crippen LogP contribution >= 0.6 is 0 Å². The van der Waals surface area contributed by atoms with Gasteiger partial charge in [-0.3, -0.25) is 0 Å². The average molecular weight is 272 g/mol. The van der Waals surface area contributed by atoms with Crippen molar-refractivity contribution in [1.29, 1.82) is 0 Å². The third-order valence-corrected chi connectivity index (χ3v) is 4.09. The lowest BCUT2D eigenvalue weighted by atomic mass is 9.89. The normalized spacial score (nSPS) is 13.4. The maximum Gasteiger partial charge on any atom is -0.0228 e. The molecule has 0 heteroatoms. The molecule has 0 aliphatic rings. The van der Waals surface area contributed by atoms with E-state index >= 15 is 0 Å². The molecule has 0 nitrogen and oxygen atoms in total. The molecule has 112 valence electrons. The van der Waals surface area contributed by atoms with Crippen LogP contribution in [0.3, 0.4) is 0 Å². The molecule has 0 N–H and O–H groups in total. The van der Waals surface area contributed by atoms with Gasteiger partial charge < -0.3 is 0 Å². The summed E-state index contributed by atoms with van der Waals surface area (Å²) >= 11 is 0. The highest BCUT2D eigenvalue weighted by atomic mass is 14.1. The van der Waals surface area contributed by atoms with Crippen molar-refractivity contribution in [2.24, 2.45) is 5.92 Å². The van der Waals surface area contributed by atoms with E-state index in [1.54, 1.807) is 5.57 Å². The molecule has 0 aromatic heterocycles. The predicted molar refractivity (Wildman–Crippen MR) is 91.9 cm³/mol. The highest BCUT2D eigenvalue weighted by Gasteiger charge is 2.08. The molecule has 0 heterocycles. The summed E-state index contributed by atoms with van der Waals surface area (Å²) in [4.78, 5) is 0. The average Bonchev–Trinajstić information content (AvgIpc) is 2.49. The first-order chi connectivity index (χ1) is 9.77. The quantitative estimate of drug-likeness (QED) is 0.408. The molecule has 0 saturated heterocycles. The first kappa shape index (κ1) is 17.0. The number of allylic oxidation sites excluding steroid dienone is 1. The second-order valence-electron chi connectivity index (χ2n) is 5.98. The van der Waals surface area contributed by atoms with Gasteiger partial charge in [-0.05, 0) is 30.7 Å². The Morgan fingerprint density at radius 3 is 2.30 bits per heavy atom. The monoisotopic (exact) mass is 272 g/mol. The Labute approximate surface area is 126 Å². The van der Waals surface area contributed by atoms with Gasteiger partial charge in [-0.1, -0.05) is 94.9 Å². The lowest BCUT2D eigenvalue weighted by Crippen LogP contribution is -2.00. The van der Waals surface area contributed by atoms with Gasteiger partial charge in [0.25, 0.3) is 0 Å². The minimum Gasteiger partial charge on any atom is -0.0668 e. The Morgan fingerprint density at radius 1 is 0.950 bits per heavy atom. The molecule has 1 aromatic carbocycles. The van der Waals surface area contributed by atoms with Crippen molar-refractivity contribution in [3.8, 4) is 0 Å². The Bertz CT molecular complexity index is 361. The summed E-state index contributed by atoms with van der Waals surface area (Å²) in [5.74, 6) is 0.733. The van der Waals surface area contributed by atoms with Crippen LogP contribution in [0, 0.1) is 5.92 Å². The maximum atomic E-state index is 2.44. The van der Waals surface area contributed by atoms with Crippen LogP contribution in [0.1, 0.15) is 77.7 Å². The Morgan fingerprint density at radius 2 is 1.65 bits per heavy atom. The van der Waals surface area contributed by atoms with Gasteiger partial charge in [-0.2, -0.15) is 0 Å². The van der Waals surface area contributed by atoms with Crippen molar-refractivity contribution >= 4 is 6.08 Å². The van der Waals surface area contributed by atoms with Crippen LogP contribution in [0.5, 0.6) is 0 Å². The summed E-state index contributed by atoms with van der Waals surface area (Å²) in [5.41, 5.74) is 3.02. The summed E-state index contributed by atoms with van der Waals surface area (Å²) in [7, 11) is 0. The lowest BCUT2D eigenvalue weighted by molar-refractivity contribution is 0.542. The molecule has 0 bridgehead atoms. The topological polar surface area (TPSA) is 0 Å². The van der Waals surface area contributed by atoms with Gasteiger partial charge in [-0.15, -0.1) is 0 Å². The van der Waals surface area contributed by atoms with Gasteiger partial charge in [0.1, 0.15) is 0 Å². The number of benzene rings is 1. The molecule has 0 aliphatic heterocycles. The fourth-order valence-electron chi connectivity index (χ4n) is 2.68. The fourth-order valence-corrected chi connectivity index (χ4v) is 2.68. The third kappa shape index (κ3) is 6.93. The van der Waals surface area contributed by atoms with E-state index in [4.69, 9.17) is 0 Å². The molecule has 0 aliphatic carbocycles. The van der Waals surface area contributed by atoms with Crippen LogP contribution < -0.4 is 0 Å². The van der Waals surface area contributed by atoms with Crippen molar-refractivity contribution < 1.29 is 0 Å². The second kappa shape index (κ2) is 10.7. The Balaban J connectivity index is 2.65. The van der Waals surface area contributed by atoms with Gasteiger partial charge in [0.2, 0.25) is 0 Å². The summed E-state index contributed by atoms with van der Waals surface area (Å²) in [6.07, 6.45) is 13.1. The Kier molecular flexibility index (Phi) is 9.11. The predicted octanol–water partition coefficient (Wildman–Crippen LogP) is 6.87. The standard InChI is InChI=1S/C20H32/c1-4-6-8-12-16-20(18(3)13-7-5-2)17-19-14-10-9-11-15-19/h9-11,14-15,17-18H,4-8,12-13,16H2,1-3H3. The first-order valence-corrected chi connectivity index (χ1v) is 8.53. The van der Waals surface area contributed by atoms with E-state index in [0.29, 0.717) is 0 Å². The molecule has 1 unspecified atom stereocenters. The zero-order valence-electron chi connectivity index (χ0n) is 13.7. The van der Waals surface area contributed by atoms with Gasteiger partial charge in [0.05, 0.1) is 0 Å². The van der Waals surface area contributed by atoms with Gasteiger partial charge in [-0.25, -0.2) is 0 Å². The van der Waals surface area contributed by atoms with Crippen LogP contribution in [0.25, 0.3) is 6.08 Å². The molecule has 0 amide bonds. The highest BCUT2D eigenvalue weighted by Crippen LogP contribution is 2.25. The minimum absolute atomic E-state index is 0.733. The molecular formula is C20H32. The molecule has 1 aromatic rings. The van der Waals surface area contributed by atoms with Crippen LogP contribution in [-0.2, 0) is 0 Å². The van der Waals surface area contributed by atoms with Gasteiger partial charge >= 0.3 is 0 Å². The second-order valence-corrected chi connectivity index (χ2v) is 5.98. The SMILES string of the molecule is CCCCCCC(=Cc1ccccc1)C(C)CCCC. The summed E-state index contributed by atoms with van der Waals surface area (Å²) in [6, 6.07) is 10.8. The van der Waals surface area contributed by atoms with E-state index in [-0.39, 0.29) is 0 Å². The molecule has 1 rings (SSSR count). The summed E-state index contributed by atoms with van der Waals surface area (Å²) in [6.45, 7) is 6.98. The van der Waals surface area contributed by atoms with E-state index in [9.17, 15) is 0 Å². The third-order valence-electron chi connectivity index (χ3n) is 4.09. The van der Waals surface area contributed by atoms with Crippen LogP contribution in [-0.4, -0.2) is 0 Å². The van der Waals surface area contributed by atoms with E-state index in [1.807, 2.05) is 0 Å². The first-order valence-electron chi connectivity index (χ1n) is 8.53. The minimum atomic E-state index is 0.733. The van der Waals surface area contributed by atoms with Crippen molar-refractivity contribution in [1.82, 2.24) is 0 Å². The van der Waals surface area contributed by atoms with Crippen molar-refractivity contribution in [3.63, 3.8) is 0 Å². The number of rotatable bonds is 10. The number of unbranched alkanes of at least 4 members (excludes halogenated alkanes) is 4. The molecule has 0 saturated carbocycles. The van der Waals surface area contributed by atoms with Gasteiger partial charge in [0, 0.05) is 0 Å². The zero-order valence-corrected chi connectivity index (χ0v) is 13.7. The Hall–Kier alpha value is -1.04. The maximum absolute atomic E-state index is 2.44. The smallest absolute Gasteiger partial charge is 0.0228 e.